The van der Waals surface area contributed by atoms with Crippen LogP contribution in [0.1, 0.15) is 24.1 Å². The number of nitrogens with zero attached hydrogens (tertiary/aromatic N) is 1. The molecule has 0 fully saturated rings. The molecule has 1 atom stereocenters. The van der Waals surface area contributed by atoms with E-state index in [2.05, 4.69) is 82.5 Å². The predicted octanol–water partition coefficient (Wildman–Crippen LogP) is 5.54. The summed E-state index contributed by atoms with van der Waals surface area (Å²) in [6.07, 6.45) is 0. The maximum absolute atomic E-state index is 4.65. The zero-order valence-corrected chi connectivity index (χ0v) is 13.8. The molecule has 3 aromatic rings. The Labute approximate surface area is 131 Å². The predicted molar refractivity (Wildman–Crippen MR) is 90.5 cm³/mol. The number of fused-ring (bicyclic) bond motifs is 1. The maximum atomic E-state index is 4.65. The molecule has 0 saturated carbocycles. The molecule has 4 heteroatoms. The molecule has 0 spiro atoms. The Balaban J connectivity index is 1.83. The lowest BCUT2D eigenvalue weighted by Crippen LogP contribution is -2.05. The maximum Gasteiger partial charge on any atom is 0.184 e. The highest BCUT2D eigenvalue weighted by atomic mass is 79.9. The van der Waals surface area contributed by atoms with Crippen molar-refractivity contribution >= 4 is 42.6 Å². The van der Waals surface area contributed by atoms with Gasteiger partial charge in [0.2, 0.25) is 0 Å². The molecule has 0 aliphatic heterocycles. The van der Waals surface area contributed by atoms with Gasteiger partial charge in [-0.2, -0.15) is 0 Å². The van der Waals surface area contributed by atoms with Gasteiger partial charge >= 0.3 is 0 Å². The van der Waals surface area contributed by atoms with Crippen molar-refractivity contribution in [1.82, 2.24) is 4.98 Å². The first-order chi connectivity index (χ1) is 9.61. The van der Waals surface area contributed by atoms with Crippen LogP contribution in [0.3, 0.4) is 0 Å². The van der Waals surface area contributed by atoms with E-state index in [4.69, 9.17) is 0 Å². The molecule has 1 heterocycles. The van der Waals surface area contributed by atoms with Gasteiger partial charge in [-0.05, 0) is 49.2 Å². The summed E-state index contributed by atoms with van der Waals surface area (Å²) in [5, 5.41) is 4.45. The third-order valence-electron chi connectivity index (χ3n) is 3.25. The Bertz CT molecular complexity index is 734. The number of anilines is 1. The molecule has 0 amide bonds. The molecule has 3 rings (SSSR count). The fourth-order valence-electron chi connectivity index (χ4n) is 2.12. The molecular formula is C16H15BrN2S. The van der Waals surface area contributed by atoms with Gasteiger partial charge in [-0.1, -0.05) is 45.5 Å². The Hall–Kier alpha value is -1.39. The number of thiazole rings is 1. The van der Waals surface area contributed by atoms with E-state index in [9.17, 15) is 0 Å². The number of hydrogen-bond donors (Lipinski definition) is 1. The van der Waals surface area contributed by atoms with E-state index in [0.717, 1.165) is 15.1 Å². The van der Waals surface area contributed by atoms with Crippen LogP contribution in [0.15, 0.2) is 46.9 Å². The van der Waals surface area contributed by atoms with E-state index in [1.165, 1.54) is 15.8 Å². The van der Waals surface area contributed by atoms with Gasteiger partial charge in [0, 0.05) is 4.47 Å². The molecule has 0 saturated heterocycles. The number of rotatable bonds is 3. The van der Waals surface area contributed by atoms with Gasteiger partial charge in [-0.3, -0.25) is 0 Å². The van der Waals surface area contributed by atoms with Crippen molar-refractivity contribution in [3.05, 3.63) is 58.1 Å². The molecular weight excluding hydrogens is 332 g/mol. The van der Waals surface area contributed by atoms with Gasteiger partial charge in [-0.15, -0.1) is 0 Å². The van der Waals surface area contributed by atoms with Crippen molar-refractivity contribution in [3.8, 4) is 0 Å². The topological polar surface area (TPSA) is 24.9 Å². The molecule has 0 aliphatic carbocycles. The highest BCUT2D eigenvalue weighted by Gasteiger charge is 2.09. The van der Waals surface area contributed by atoms with Crippen LogP contribution in [0.2, 0.25) is 0 Å². The van der Waals surface area contributed by atoms with Crippen LogP contribution >= 0.6 is 27.3 Å². The van der Waals surface area contributed by atoms with Crippen molar-refractivity contribution < 1.29 is 0 Å². The second kappa shape index (κ2) is 5.54. The van der Waals surface area contributed by atoms with Crippen molar-refractivity contribution in [2.75, 3.05) is 5.32 Å². The Morgan fingerprint density at radius 2 is 1.90 bits per heavy atom. The molecule has 20 heavy (non-hydrogen) atoms. The minimum Gasteiger partial charge on any atom is -0.355 e. The second-order valence-corrected chi connectivity index (χ2v) is 6.85. The summed E-state index contributed by atoms with van der Waals surface area (Å²) < 4.78 is 2.32. The summed E-state index contributed by atoms with van der Waals surface area (Å²) in [5.41, 5.74) is 3.57. The van der Waals surface area contributed by atoms with Gasteiger partial charge < -0.3 is 5.32 Å². The summed E-state index contributed by atoms with van der Waals surface area (Å²) >= 11 is 5.16. The Kier molecular flexibility index (Phi) is 3.76. The molecule has 1 aromatic heterocycles. The molecule has 0 aliphatic rings. The van der Waals surface area contributed by atoms with Crippen molar-refractivity contribution in [1.29, 1.82) is 0 Å². The van der Waals surface area contributed by atoms with Gasteiger partial charge in [0.15, 0.2) is 5.13 Å². The minimum absolute atomic E-state index is 0.241. The van der Waals surface area contributed by atoms with Gasteiger partial charge in [-0.25, -0.2) is 4.98 Å². The Morgan fingerprint density at radius 3 is 2.65 bits per heavy atom. The number of nitrogens with one attached hydrogen (secondary N) is 1. The first-order valence-corrected chi connectivity index (χ1v) is 8.12. The number of aromatic nitrogens is 1. The van der Waals surface area contributed by atoms with E-state index >= 15 is 0 Å². The first kappa shape index (κ1) is 13.6. The average molecular weight is 347 g/mol. The van der Waals surface area contributed by atoms with E-state index < -0.39 is 0 Å². The first-order valence-electron chi connectivity index (χ1n) is 6.51. The Morgan fingerprint density at radius 1 is 1.15 bits per heavy atom. The monoisotopic (exact) mass is 346 g/mol. The standard InChI is InChI=1S/C16H15BrN2S/c1-10-3-8-15-14(9-10)19-16(20-15)18-11(2)12-4-6-13(17)7-5-12/h3-9,11H,1-2H3,(H,18,19). The van der Waals surface area contributed by atoms with Gasteiger partial charge in [0.05, 0.1) is 16.3 Å². The smallest absolute Gasteiger partial charge is 0.184 e. The summed E-state index contributed by atoms with van der Waals surface area (Å²) in [7, 11) is 0. The highest BCUT2D eigenvalue weighted by molar-refractivity contribution is 9.10. The SMILES string of the molecule is Cc1ccc2sc(NC(C)c3ccc(Br)cc3)nc2c1. The largest absolute Gasteiger partial charge is 0.355 e. The number of hydrogen-bond acceptors (Lipinski definition) is 3. The average Bonchev–Trinajstić information content (AvgIpc) is 2.80. The molecule has 102 valence electrons. The summed E-state index contributed by atoms with van der Waals surface area (Å²) in [4.78, 5) is 4.65. The van der Waals surface area contributed by atoms with E-state index in [1.807, 2.05) is 0 Å². The summed E-state index contributed by atoms with van der Waals surface area (Å²) in [6, 6.07) is 15.0. The number of aryl methyl sites for hydroxylation is 1. The summed E-state index contributed by atoms with van der Waals surface area (Å²) in [6.45, 7) is 4.25. The van der Waals surface area contributed by atoms with Crippen LogP contribution in [0.4, 0.5) is 5.13 Å². The third-order valence-corrected chi connectivity index (χ3v) is 4.75. The normalized spacial score (nSPS) is 12.6. The van der Waals surface area contributed by atoms with E-state index in [1.54, 1.807) is 11.3 Å². The highest BCUT2D eigenvalue weighted by Crippen LogP contribution is 2.29. The van der Waals surface area contributed by atoms with Gasteiger partial charge in [0.1, 0.15) is 0 Å². The van der Waals surface area contributed by atoms with Gasteiger partial charge in [0.25, 0.3) is 0 Å². The van der Waals surface area contributed by atoms with Crippen LogP contribution in [0, 0.1) is 6.92 Å². The zero-order valence-electron chi connectivity index (χ0n) is 11.4. The second-order valence-electron chi connectivity index (χ2n) is 4.91. The molecule has 2 aromatic carbocycles. The van der Waals surface area contributed by atoms with Crippen LogP contribution in [0.25, 0.3) is 10.2 Å². The lowest BCUT2D eigenvalue weighted by Gasteiger charge is -2.13. The van der Waals surface area contributed by atoms with Crippen molar-refractivity contribution in [2.45, 2.75) is 19.9 Å². The number of benzene rings is 2. The third kappa shape index (κ3) is 2.86. The molecule has 1 N–H and O–H groups in total. The van der Waals surface area contributed by atoms with Crippen LogP contribution in [-0.2, 0) is 0 Å². The van der Waals surface area contributed by atoms with Crippen LogP contribution in [0.5, 0.6) is 0 Å². The molecule has 1 unspecified atom stereocenters. The van der Waals surface area contributed by atoms with Crippen molar-refractivity contribution in [3.63, 3.8) is 0 Å². The minimum atomic E-state index is 0.241. The fraction of sp³-hybridized carbons (Fsp3) is 0.188. The fourth-order valence-corrected chi connectivity index (χ4v) is 3.32. The molecule has 2 nitrogen and oxygen atoms in total. The van der Waals surface area contributed by atoms with Crippen LogP contribution in [-0.4, -0.2) is 4.98 Å². The molecule has 0 bridgehead atoms. The van der Waals surface area contributed by atoms with E-state index in [-0.39, 0.29) is 6.04 Å². The lowest BCUT2D eigenvalue weighted by molar-refractivity contribution is 0.882. The van der Waals surface area contributed by atoms with Crippen LogP contribution < -0.4 is 5.32 Å². The summed E-state index contributed by atoms with van der Waals surface area (Å²) in [5.74, 6) is 0. The lowest BCUT2D eigenvalue weighted by atomic mass is 10.1. The number of halogens is 1. The zero-order chi connectivity index (χ0) is 14.1. The quantitative estimate of drug-likeness (QED) is 0.673. The molecule has 0 radical (unpaired) electrons. The van der Waals surface area contributed by atoms with Crippen molar-refractivity contribution in [2.24, 2.45) is 0 Å². The van der Waals surface area contributed by atoms with E-state index in [0.29, 0.717) is 0 Å².